The van der Waals surface area contributed by atoms with Crippen LogP contribution in [0.25, 0.3) is 11.0 Å². The van der Waals surface area contributed by atoms with E-state index >= 15 is 0 Å². The number of carbonyl (C=O) groups excluding carboxylic acids is 1. The van der Waals surface area contributed by atoms with Crippen molar-refractivity contribution in [2.45, 2.75) is 64.2 Å². The molecule has 2 N–H and O–H groups in total. The maximum absolute atomic E-state index is 11.8. The molecule has 6 heteroatoms. The third kappa shape index (κ3) is 5.61. The summed E-state index contributed by atoms with van der Waals surface area (Å²) in [6, 6.07) is 7.88. The highest BCUT2D eigenvalue weighted by Gasteiger charge is 2.22. The normalized spacial score (nSPS) is 20.3. The highest BCUT2D eigenvalue weighted by atomic mass is 32.2. The molecule has 1 saturated carbocycles. The number of carbonyl (C=O) groups is 1. The predicted octanol–water partition coefficient (Wildman–Crippen LogP) is 5.00. The number of rotatable bonds is 6. The van der Waals surface area contributed by atoms with Gasteiger partial charge in [0.25, 0.3) is 0 Å². The van der Waals surface area contributed by atoms with Crippen molar-refractivity contribution < 1.29 is 9.21 Å². The molecule has 1 aromatic carbocycles. The van der Waals surface area contributed by atoms with Gasteiger partial charge >= 0.3 is 5.63 Å². The molecular formula is C22H30N2O3S. The number of hydrogen-bond donors (Lipinski definition) is 2. The molecule has 1 aliphatic rings. The van der Waals surface area contributed by atoms with Gasteiger partial charge < -0.3 is 9.73 Å². The first-order valence-corrected chi connectivity index (χ1v) is 10.8. The molecule has 0 unspecified atom stereocenters. The van der Waals surface area contributed by atoms with Crippen molar-refractivity contribution in [3.8, 4) is 0 Å². The summed E-state index contributed by atoms with van der Waals surface area (Å²) < 4.78 is 9.12. The Bertz CT molecular complexity index is 893. The zero-order chi connectivity index (χ0) is 20.3. The van der Waals surface area contributed by atoms with E-state index in [4.69, 9.17) is 4.42 Å². The summed E-state index contributed by atoms with van der Waals surface area (Å²) >= 11 is 1.84. The molecule has 0 saturated heterocycles. The lowest BCUT2D eigenvalue weighted by Gasteiger charge is -2.31. The van der Waals surface area contributed by atoms with Crippen molar-refractivity contribution in [2.24, 2.45) is 5.92 Å². The molecule has 0 aliphatic heterocycles. The quantitative estimate of drug-likeness (QED) is 0.402. The average Bonchev–Trinajstić information content (AvgIpc) is 2.64. The fourth-order valence-electron chi connectivity index (χ4n) is 3.49. The van der Waals surface area contributed by atoms with Crippen LogP contribution in [0.3, 0.4) is 0 Å². The number of fused-ring (bicyclic) bond motifs is 1. The molecule has 5 nitrogen and oxygen atoms in total. The molecule has 152 valence electrons. The minimum atomic E-state index is -0.573. The zero-order valence-electron chi connectivity index (χ0n) is 17.1. The molecule has 0 atom stereocenters. The molecule has 1 aromatic heterocycles. The van der Waals surface area contributed by atoms with E-state index in [-0.39, 0.29) is 16.1 Å². The van der Waals surface area contributed by atoms with Crippen molar-refractivity contribution in [1.82, 2.24) is 4.72 Å². The molecule has 28 heavy (non-hydrogen) atoms. The standard InChI is InChI=1S/C22H30N2O3S/c1-14(25)19-12-16-11-18(9-10-20(16)27-21(19)26)23-13-15-5-7-17(8-6-15)24-28-22(2,3)4/h9-12,15,17,23-24H,5-8,13H2,1-4H3. The second-order valence-corrected chi connectivity index (χ2v) is 10.4. The zero-order valence-corrected chi connectivity index (χ0v) is 17.9. The second kappa shape index (κ2) is 8.70. The molecule has 0 spiro atoms. The Kier molecular flexibility index (Phi) is 6.50. The highest BCUT2D eigenvalue weighted by molar-refractivity contribution is 7.98. The summed E-state index contributed by atoms with van der Waals surface area (Å²) in [6.45, 7) is 9.00. The molecule has 1 fully saturated rings. The monoisotopic (exact) mass is 402 g/mol. The van der Waals surface area contributed by atoms with Gasteiger partial charge in [0, 0.05) is 28.4 Å². The van der Waals surface area contributed by atoms with E-state index in [2.05, 4.69) is 30.8 Å². The van der Waals surface area contributed by atoms with Crippen molar-refractivity contribution in [3.05, 3.63) is 40.2 Å². The van der Waals surface area contributed by atoms with E-state index in [1.807, 2.05) is 24.1 Å². The Hall–Kier alpha value is -1.79. The third-order valence-corrected chi connectivity index (χ3v) is 6.15. The fraction of sp³-hybridized carbons (Fsp3) is 0.545. The average molecular weight is 403 g/mol. The number of ketones is 1. The van der Waals surface area contributed by atoms with Gasteiger partial charge in [0.05, 0.1) is 0 Å². The highest BCUT2D eigenvalue weighted by Crippen LogP contribution is 2.29. The number of hydrogen-bond acceptors (Lipinski definition) is 6. The largest absolute Gasteiger partial charge is 0.422 e. The van der Waals surface area contributed by atoms with Gasteiger partial charge in [0.1, 0.15) is 11.1 Å². The molecule has 1 heterocycles. The maximum Gasteiger partial charge on any atom is 0.347 e. The van der Waals surface area contributed by atoms with Crippen LogP contribution in [0, 0.1) is 5.92 Å². The molecule has 0 bridgehead atoms. The Morgan fingerprint density at radius 2 is 1.89 bits per heavy atom. The minimum Gasteiger partial charge on any atom is -0.422 e. The summed E-state index contributed by atoms with van der Waals surface area (Å²) in [5.74, 6) is 0.388. The van der Waals surface area contributed by atoms with Gasteiger partial charge in [-0.3, -0.25) is 9.52 Å². The fourth-order valence-corrected chi connectivity index (χ4v) is 4.24. The van der Waals surface area contributed by atoms with Crippen LogP contribution in [-0.2, 0) is 0 Å². The van der Waals surface area contributed by atoms with Gasteiger partial charge in [-0.25, -0.2) is 4.79 Å². The summed E-state index contributed by atoms with van der Waals surface area (Å²) in [6.07, 6.45) is 4.85. The maximum atomic E-state index is 11.8. The summed E-state index contributed by atoms with van der Waals surface area (Å²) in [5.41, 5.74) is 1.02. The van der Waals surface area contributed by atoms with Crippen LogP contribution < -0.4 is 15.7 Å². The second-order valence-electron chi connectivity index (χ2n) is 8.69. The molecule has 0 radical (unpaired) electrons. The molecule has 0 amide bonds. The predicted molar refractivity (Wildman–Crippen MR) is 117 cm³/mol. The smallest absolute Gasteiger partial charge is 0.347 e. The minimum absolute atomic E-state index is 0.101. The van der Waals surface area contributed by atoms with Crippen molar-refractivity contribution >= 4 is 34.4 Å². The van der Waals surface area contributed by atoms with Gasteiger partial charge in [-0.15, -0.1) is 0 Å². The number of nitrogens with one attached hydrogen (secondary N) is 2. The lowest BCUT2D eigenvalue weighted by Crippen LogP contribution is -2.33. The van der Waals surface area contributed by atoms with Gasteiger partial charge in [-0.1, -0.05) is 11.9 Å². The van der Waals surface area contributed by atoms with Crippen LogP contribution in [0.2, 0.25) is 0 Å². The van der Waals surface area contributed by atoms with Crippen molar-refractivity contribution in [1.29, 1.82) is 0 Å². The molecular weight excluding hydrogens is 372 g/mol. The third-order valence-electron chi connectivity index (χ3n) is 5.08. The lowest BCUT2D eigenvalue weighted by molar-refractivity contribution is 0.101. The van der Waals surface area contributed by atoms with Gasteiger partial charge in [-0.2, -0.15) is 0 Å². The lowest BCUT2D eigenvalue weighted by atomic mass is 9.86. The van der Waals surface area contributed by atoms with Gasteiger partial charge in [-0.05, 0) is 83.6 Å². The Morgan fingerprint density at radius 3 is 2.54 bits per heavy atom. The van der Waals surface area contributed by atoms with Crippen LogP contribution >= 0.6 is 11.9 Å². The van der Waals surface area contributed by atoms with Crippen LogP contribution in [0.1, 0.15) is 63.7 Å². The van der Waals surface area contributed by atoms with E-state index in [9.17, 15) is 9.59 Å². The number of Topliss-reactive ketones (excluding diaryl/α,β-unsaturated/α-hetero) is 1. The number of anilines is 1. The molecule has 1 aliphatic carbocycles. The van der Waals surface area contributed by atoms with E-state index in [1.165, 1.54) is 32.6 Å². The van der Waals surface area contributed by atoms with E-state index in [1.54, 1.807) is 12.1 Å². The first kappa shape index (κ1) is 20.9. The number of benzene rings is 1. The first-order chi connectivity index (χ1) is 13.2. The van der Waals surface area contributed by atoms with Crippen LogP contribution in [0.5, 0.6) is 0 Å². The van der Waals surface area contributed by atoms with Crippen LogP contribution in [-0.4, -0.2) is 23.1 Å². The van der Waals surface area contributed by atoms with Crippen LogP contribution in [0.15, 0.2) is 33.5 Å². The first-order valence-electron chi connectivity index (χ1n) is 9.97. The topological polar surface area (TPSA) is 71.3 Å². The summed E-state index contributed by atoms with van der Waals surface area (Å²) in [5, 5.41) is 4.28. The van der Waals surface area contributed by atoms with E-state index in [0.29, 0.717) is 17.5 Å². The Morgan fingerprint density at radius 1 is 1.18 bits per heavy atom. The molecule has 2 aromatic rings. The Labute approximate surface area is 170 Å². The summed E-state index contributed by atoms with van der Waals surface area (Å²) in [7, 11) is 0. The van der Waals surface area contributed by atoms with Crippen molar-refractivity contribution in [3.63, 3.8) is 0 Å². The van der Waals surface area contributed by atoms with E-state index < -0.39 is 5.63 Å². The van der Waals surface area contributed by atoms with Crippen LogP contribution in [0.4, 0.5) is 5.69 Å². The van der Waals surface area contributed by atoms with E-state index in [0.717, 1.165) is 17.6 Å². The Balaban J connectivity index is 1.55. The van der Waals surface area contributed by atoms with Gasteiger partial charge in [0.2, 0.25) is 0 Å². The van der Waals surface area contributed by atoms with Crippen molar-refractivity contribution in [2.75, 3.05) is 11.9 Å². The van der Waals surface area contributed by atoms with Gasteiger partial charge in [0.15, 0.2) is 5.78 Å². The molecule has 3 rings (SSSR count). The summed E-state index contributed by atoms with van der Waals surface area (Å²) in [4.78, 5) is 23.4. The SMILES string of the molecule is CC(=O)c1cc2cc(NCC3CCC(NSC(C)(C)C)CC3)ccc2oc1=O.